The number of rotatable bonds is 6. The molecule has 0 saturated heterocycles. The third-order valence-corrected chi connectivity index (χ3v) is 2.48. The Hall–Kier alpha value is -1.11. The van der Waals surface area contributed by atoms with Gasteiger partial charge < -0.3 is 4.74 Å². The van der Waals surface area contributed by atoms with Crippen LogP contribution in [0.4, 0.5) is 0 Å². The maximum Gasteiger partial charge on any atom is 0.305 e. The minimum Gasteiger partial charge on any atom is -0.469 e. The summed E-state index contributed by atoms with van der Waals surface area (Å²) in [5.41, 5.74) is 0. The van der Waals surface area contributed by atoms with Crippen molar-refractivity contribution in [3.63, 3.8) is 0 Å². The minimum absolute atomic E-state index is 0.158. The highest BCUT2D eigenvalue weighted by atomic mass is 32.2. The van der Waals surface area contributed by atoms with Crippen LogP contribution in [0.3, 0.4) is 0 Å². The van der Waals surface area contributed by atoms with E-state index in [-0.39, 0.29) is 5.97 Å². The van der Waals surface area contributed by atoms with Crippen molar-refractivity contribution in [1.82, 2.24) is 20.6 Å². The van der Waals surface area contributed by atoms with Gasteiger partial charge in [0, 0.05) is 12.2 Å². The standard InChI is InChI=1S/C7H12N4O2S/c1-13-6(12)4-2-3-5-14-7-8-10-11-9-7/h2-5H2,1H3,(H,8,9,10,11). The monoisotopic (exact) mass is 216 g/mol. The van der Waals surface area contributed by atoms with Crippen molar-refractivity contribution < 1.29 is 9.53 Å². The second-order valence-corrected chi connectivity index (χ2v) is 3.64. The van der Waals surface area contributed by atoms with Gasteiger partial charge in [-0.25, -0.2) is 0 Å². The third kappa shape index (κ3) is 4.22. The minimum atomic E-state index is -0.158. The molecule has 0 aliphatic rings. The Balaban J connectivity index is 1.97. The number of aromatic amines is 1. The molecule has 6 nitrogen and oxygen atoms in total. The first kappa shape index (κ1) is 11.0. The second kappa shape index (κ2) is 6.36. The first-order valence-corrected chi connectivity index (χ1v) is 5.24. The summed E-state index contributed by atoms with van der Waals surface area (Å²) in [6.07, 6.45) is 2.25. The predicted molar refractivity (Wildman–Crippen MR) is 50.8 cm³/mol. The maximum absolute atomic E-state index is 10.7. The molecule has 0 atom stereocenters. The maximum atomic E-state index is 10.7. The second-order valence-electron chi connectivity index (χ2n) is 2.58. The van der Waals surface area contributed by atoms with E-state index in [0.29, 0.717) is 11.6 Å². The van der Waals surface area contributed by atoms with E-state index in [1.807, 2.05) is 0 Å². The molecule has 14 heavy (non-hydrogen) atoms. The lowest BCUT2D eigenvalue weighted by molar-refractivity contribution is -0.140. The topological polar surface area (TPSA) is 80.8 Å². The Morgan fingerprint density at radius 1 is 1.57 bits per heavy atom. The van der Waals surface area contributed by atoms with Gasteiger partial charge in [0.2, 0.25) is 5.16 Å². The average molecular weight is 216 g/mol. The lowest BCUT2D eigenvalue weighted by Crippen LogP contribution is -1.99. The van der Waals surface area contributed by atoms with Gasteiger partial charge in [-0.05, 0) is 18.1 Å². The number of hydrogen-bond acceptors (Lipinski definition) is 6. The summed E-state index contributed by atoms with van der Waals surface area (Å²) in [5.74, 6) is 0.728. The van der Waals surface area contributed by atoms with Crippen molar-refractivity contribution in [3.05, 3.63) is 0 Å². The molecular weight excluding hydrogens is 204 g/mol. The summed E-state index contributed by atoms with van der Waals surface area (Å²) in [6, 6.07) is 0. The van der Waals surface area contributed by atoms with E-state index in [2.05, 4.69) is 25.4 Å². The number of nitrogens with zero attached hydrogens (tertiary/aromatic N) is 3. The number of tetrazole rings is 1. The van der Waals surface area contributed by atoms with E-state index in [1.54, 1.807) is 0 Å². The summed E-state index contributed by atoms with van der Waals surface area (Å²) in [6.45, 7) is 0. The highest BCUT2D eigenvalue weighted by Gasteiger charge is 2.01. The Morgan fingerprint density at radius 2 is 2.43 bits per heavy atom. The van der Waals surface area contributed by atoms with Gasteiger partial charge in [0.1, 0.15) is 0 Å². The molecule has 7 heteroatoms. The number of thioether (sulfide) groups is 1. The molecule has 0 fully saturated rings. The number of hydrogen-bond donors (Lipinski definition) is 1. The predicted octanol–water partition coefficient (Wildman–Crippen LogP) is 0.635. The van der Waals surface area contributed by atoms with Gasteiger partial charge >= 0.3 is 5.97 Å². The molecule has 78 valence electrons. The van der Waals surface area contributed by atoms with Gasteiger partial charge in [0.25, 0.3) is 0 Å². The van der Waals surface area contributed by atoms with Crippen LogP contribution in [-0.4, -0.2) is 39.5 Å². The largest absolute Gasteiger partial charge is 0.469 e. The molecule has 0 amide bonds. The molecule has 0 aliphatic heterocycles. The van der Waals surface area contributed by atoms with Crippen molar-refractivity contribution in [1.29, 1.82) is 0 Å². The van der Waals surface area contributed by atoms with Gasteiger partial charge in [-0.1, -0.05) is 11.8 Å². The van der Waals surface area contributed by atoms with Crippen molar-refractivity contribution in [2.45, 2.75) is 24.4 Å². The molecule has 0 aromatic carbocycles. The van der Waals surface area contributed by atoms with E-state index >= 15 is 0 Å². The number of H-pyrrole nitrogens is 1. The zero-order valence-corrected chi connectivity index (χ0v) is 8.71. The number of carbonyl (C=O) groups excluding carboxylic acids is 1. The third-order valence-electron chi connectivity index (χ3n) is 1.56. The highest BCUT2D eigenvalue weighted by molar-refractivity contribution is 7.99. The first-order chi connectivity index (χ1) is 6.83. The highest BCUT2D eigenvalue weighted by Crippen LogP contribution is 2.12. The number of nitrogens with one attached hydrogen (secondary N) is 1. The molecule has 1 aromatic rings. The van der Waals surface area contributed by atoms with Gasteiger partial charge in [0.15, 0.2) is 0 Å². The molecule has 1 rings (SSSR count). The fourth-order valence-corrected chi connectivity index (χ4v) is 1.59. The normalized spacial score (nSPS) is 10.1. The molecule has 0 saturated carbocycles. The Kier molecular flexibility index (Phi) is 4.98. The molecule has 0 radical (unpaired) electrons. The van der Waals surface area contributed by atoms with Crippen LogP contribution in [0.2, 0.25) is 0 Å². The van der Waals surface area contributed by atoms with Gasteiger partial charge in [-0.15, -0.1) is 10.2 Å². The Labute approximate surface area is 85.8 Å². The average Bonchev–Trinajstić information content (AvgIpc) is 2.69. The summed E-state index contributed by atoms with van der Waals surface area (Å²) < 4.78 is 4.52. The number of aromatic nitrogens is 4. The van der Waals surface area contributed by atoms with Crippen LogP contribution in [0.1, 0.15) is 19.3 Å². The molecule has 1 N–H and O–H groups in total. The summed E-state index contributed by atoms with van der Waals surface area (Å²) in [5, 5.41) is 14.0. The van der Waals surface area contributed by atoms with Crippen LogP contribution in [0, 0.1) is 0 Å². The summed E-state index contributed by atoms with van der Waals surface area (Å²) >= 11 is 1.52. The molecule has 0 spiro atoms. The van der Waals surface area contributed by atoms with Gasteiger partial charge in [-0.3, -0.25) is 4.79 Å². The molecule has 0 bridgehead atoms. The summed E-state index contributed by atoms with van der Waals surface area (Å²) in [4.78, 5) is 10.7. The van der Waals surface area contributed by atoms with Crippen LogP contribution in [0.15, 0.2) is 5.16 Å². The molecule has 1 heterocycles. The Morgan fingerprint density at radius 3 is 3.07 bits per heavy atom. The zero-order chi connectivity index (χ0) is 10.2. The van der Waals surface area contributed by atoms with Crippen LogP contribution in [-0.2, 0) is 9.53 Å². The number of unbranched alkanes of at least 4 members (excludes halogenated alkanes) is 1. The van der Waals surface area contributed by atoms with Crippen molar-refractivity contribution >= 4 is 17.7 Å². The fourth-order valence-electron chi connectivity index (χ4n) is 0.851. The smallest absolute Gasteiger partial charge is 0.305 e. The lowest BCUT2D eigenvalue weighted by atomic mass is 10.2. The van der Waals surface area contributed by atoms with Gasteiger partial charge in [0.05, 0.1) is 7.11 Å². The van der Waals surface area contributed by atoms with Crippen LogP contribution >= 0.6 is 11.8 Å². The van der Waals surface area contributed by atoms with E-state index in [1.165, 1.54) is 18.9 Å². The zero-order valence-electron chi connectivity index (χ0n) is 7.89. The Bertz CT molecular complexity index is 265. The first-order valence-electron chi connectivity index (χ1n) is 4.26. The quantitative estimate of drug-likeness (QED) is 0.427. The SMILES string of the molecule is COC(=O)CCCCSc1nn[nH]n1. The van der Waals surface area contributed by atoms with E-state index in [4.69, 9.17) is 0 Å². The molecule has 0 aliphatic carbocycles. The van der Waals surface area contributed by atoms with E-state index < -0.39 is 0 Å². The molecular formula is C7H12N4O2S. The van der Waals surface area contributed by atoms with Crippen molar-refractivity contribution in [2.24, 2.45) is 0 Å². The molecule has 1 aromatic heterocycles. The van der Waals surface area contributed by atoms with Crippen LogP contribution in [0.5, 0.6) is 0 Å². The number of carbonyl (C=O) groups is 1. The number of methoxy groups -OCH3 is 1. The molecule has 0 unspecified atom stereocenters. The summed E-state index contributed by atoms with van der Waals surface area (Å²) in [7, 11) is 1.40. The van der Waals surface area contributed by atoms with E-state index in [0.717, 1.165) is 18.6 Å². The van der Waals surface area contributed by atoms with Crippen LogP contribution in [0.25, 0.3) is 0 Å². The lowest BCUT2D eigenvalue weighted by Gasteiger charge is -1.97. The van der Waals surface area contributed by atoms with Crippen molar-refractivity contribution in [3.8, 4) is 0 Å². The number of ether oxygens (including phenoxy) is 1. The van der Waals surface area contributed by atoms with E-state index in [9.17, 15) is 4.79 Å². The van der Waals surface area contributed by atoms with Crippen molar-refractivity contribution in [2.75, 3.05) is 12.9 Å². The number of esters is 1. The fraction of sp³-hybridized carbons (Fsp3) is 0.714. The van der Waals surface area contributed by atoms with Gasteiger partial charge in [-0.2, -0.15) is 5.21 Å². The van der Waals surface area contributed by atoms with Crippen LogP contribution < -0.4 is 0 Å².